The van der Waals surface area contributed by atoms with Crippen LogP contribution in [0.2, 0.25) is 0 Å². The van der Waals surface area contributed by atoms with Crippen LogP contribution in [0.25, 0.3) is 0 Å². The number of aliphatic carboxylic acids is 1. The third-order valence-electron chi connectivity index (χ3n) is 3.13. The first-order valence-corrected chi connectivity index (χ1v) is 6.66. The van der Waals surface area contributed by atoms with E-state index in [0.717, 1.165) is 12.8 Å². The highest BCUT2D eigenvalue weighted by Crippen LogP contribution is 2.30. The van der Waals surface area contributed by atoms with Crippen LogP contribution in [0.1, 0.15) is 25.7 Å². The number of rotatable bonds is 4. The van der Waals surface area contributed by atoms with E-state index >= 15 is 0 Å². The van der Waals surface area contributed by atoms with Crippen LogP contribution >= 0.6 is 22.6 Å². The lowest BCUT2D eigenvalue weighted by molar-refractivity contribution is -0.143. The number of alkyl halides is 1. The lowest BCUT2D eigenvalue weighted by atomic mass is 9.78. The van der Waals surface area contributed by atoms with E-state index in [0.29, 0.717) is 17.3 Å². The summed E-state index contributed by atoms with van der Waals surface area (Å²) >= 11 is 2.02. The third-order valence-corrected chi connectivity index (χ3v) is 3.88. The van der Waals surface area contributed by atoms with E-state index in [4.69, 9.17) is 10.8 Å². The molecule has 1 atom stereocenters. The Morgan fingerprint density at radius 3 is 2.27 bits per heavy atom. The predicted molar refractivity (Wildman–Crippen MR) is 65.0 cm³/mol. The van der Waals surface area contributed by atoms with E-state index < -0.39 is 12.0 Å². The Bertz CT molecular complexity index is 249. The zero-order chi connectivity index (χ0) is 11.4. The van der Waals surface area contributed by atoms with Crippen molar-refractivity contribution in [2.75, 3.05) is 4.43 Å². The maximum absolute atomic E-state index is 11.4. The van der Waals surface area contributed by atoms with Crippen LogP contribution in [0, 0.1) is 11.8 Å². The zero-order valence-electron chi connectivity index (χ0n) is 8.49. The van der Waals surface area contributed by atoms with Crippen molar-refractivity contribution in [3.63, 3.8) is 0 Å². The Kier molecular flexibility index (Phi) is 4.98. The number of hydrogen-bond donors (Lipinski definition) is 2. The van der Waals surface area contributed by atoms with E-state index in [1.807, 2.05) is 22.6 Å². The maximum Gasteiger partial charge on any atom is 0.306 e. The quantitative estimate of drug-likeness (QED) is 0.601. The fourth-order valence-electron chi connectivity index (χ4n) is 2.08. The zero-order valence-corrected chi connectivity index (χ0v) is 10.6. The van der Waals surface area contributed by atoms with Gasteiger partial charge in [0.15, 0.2) is 5.78 Å². The molecule has 0 bridgehead atoms. The van der Waals surface area contributed by atoms with E-state index in [1.54, 1.807) is 0 Å². The van der Waals surface area contributed by atoms with E-state index in [1.165, 1.54) is 0 Å². The highest BCUT2D eigenvalue weighted by atomic mass is 127. The molecule has 1 saturated carbocycles. The number of carbonyl (C=O) groups is 2. The van der Waals surface area contributed by atoms with Gasteiger partial charge in [0.25, 0.3) is 0 Å². The van der Waals surface area contributed by atoms with Crippen molar-refractivity contribution < 1.29 is 14.7 Å². The van der Waals surface area contributed by atoms with Crippen molar-refractivity contribution >= 4 is 34.3 Å². The monoisotopic (exact) mass is 325 g/mol. The largest absolute Gasteiger partial charge is 0.481 e. The summed E-state index contributed by atoms with van der Waals surface area (Å²) < 4.78 is 0.442. The third kappa shape index (κ3) is 3.41. The predicted octanol–water partition coefficient (Wildman–Crippen LogP) is 1.21. The van der Waals surface area contributed by atoms with Crippen molar-refractivity contribution in [1.82, 2.24) is 0 Å². The molecule has 1 rings (SSSR count). The lowest BCUT2D eigenvalue weighted by Crippen LogP contribution is -2.41. The normalized spacial score (nSPS) is 28.4. The number of ketones is 1. The van der Waals surface area contributed by atoms with E-state index in [9.17, 15) is 9.59 Å². The summed E-state index contributed by atoms with van der Waals surface area (Å²) in [6.07, 6.45) is 2.84. The van der Waals surface area contributed by atoms with Gasteiger partial charge in [0.05, 0.1) is 16.4 Å². The van der Waals surface area contributed by atoms with Gasteiger partial charge in [-0.3, -0.25) is 9.59 Å². The van der Waals surface area contributed by atoms with Gasteiger partial charge in [-0.15, -0.1) is 0 Å². The SMILES string of the molecule is NC(C(=O)CI)C1CCC(C(=O)O)CC1. The maximum atomic E-state index is 11.4. The Hall–Kier alpha value is -0.170. The van der Waals surface area contributed by atoms with Crippen LogP contribution in [0.3, 0.4) is 0 Å². The fourth-order valence-corrected chi connectivity index (χ4v) is 2.59. The Balaban J connectivity index is 2.43. The molecule has 0 aromatic heterocycles. The first kappa shape index (κ1) is 12.9. The standard InChI is InChI=1S/C10H16INO3/c11-5-8(13)9(12)6-1-3-7(4-2-6)10(14)15/h6-7,9H,1-5,12H2,(H,14,15). The fraction of sp³-hybridized carbons (Fsp3) is 0.800. The summed E-state index contributed by atoms with van der Waals surface area (Å²) in [6.45, 7) is 0. The number of Topliss-reactive ketones (excluding diaryl/α,β-unsaturated/α-hetero) is 1. The smallest absolute Gasteiger partial charge is 0.306 e. The average Bonchev–Trinajstić information content (AvgIpc) is 2.27. The number of hydrogen-bond acceptors (Lipinski definition) is 3. The minimum absolute atomic E-state index is 0.0781. The van der Waals surface area contributed by atoms with Crippen molar-refractivity contribution in [1.29, 1.82) is 0 Å². The topological polar surface area (TPSA) is 80.4 Å². The van der Waals surface area contributed by atoms with Gasteiger partial charge in [-0.05, 0) is 31.6 Å². The Morgan fingerprint density at radius 1 is 1.33 bits per heavy atom. The van der Waals surface area contributed by atoms with Crippen LogP contribution in [-0.4, -0.2) is 27.3 Å². The van der Waals surface area contributed by atoms with Crippen LogP contribution in [0.4, 0.5) is 0 Å². The van der Waals surface area contributed by atoms with E-state index in [2.05, 4.69) is 0 Å². The summed E-state index contributed by atoms with van der Waals surface area (Å²) in [7, 11) is 0. The van der Waals surface area contributed by atoms with Gasteiger partial charge >= 0.3 is 5.97 Å². The number of nitrogens with two attached hydrogens (primary N) is 1. The summed E-state index contributed by atoms with van der Waals surface area (Å²) in [5, 5.41) is 8.82. The lowest BCUT2D eigenvalue weighted by Gasteiger charge is -2.29. The van der Waals surface area contributed by atoms with Crippen molar-refractivity contribution in [2.24, 2.45) is 17.6 Å². The van der Waals surface area contributed by atoms with E-state index in [-0.39, 0.29) is 17.6 Å². The molecule has 1 aliphatic rings. The van der Waals surface area contributed by atoms with Gasteiger partial charge in [-0.2, -0.15) is 0 Å². The molecule has 0 aromatic carbocycles. The molecule has 0 heterocycles. The molecule has 5 heteroatoms. The number of carboxylic acids is 1. The van der Waals surface area contributed by atoms with Gasteiger partial charge in [-0.1, -0.05) is 22.6 Å². The molecule has 0 radical (unpaired) electrons. The molecular weight excluding hydrogens is 309 g/mol. The average molecular weight is 325 g/mol. The summed E-state index contributed by atoms with van der Waals surface area (Å²) in [5.74, 6) is -0.692. The summed E-state index contributed by atoms with van der Waals surface area (Å²) in [5.41, 5.74) is 5.82. The summed E-state index contributed by atoms with van der Waals surface area (Å²) in [6, 6.07) is -0.392. The number of carboxylic acid groups (broad SMARTS) is 1. The molecule has 3 N–H and O–H groups in total. The molecule has 1 aliphatic carbocycles. The number of halogens is 1. The molecular formula is C10H16INO3. The first-order chi connectivity index (χ1) is 7.06. The second kappa shape index (κ2) is 5.79. The second-order valence-electron chi connectivity index (χ2n) is 4.08. The molecule has 1 fully saturated rings. The first-order valence-electron chi connectivity index (χ1n) is 5.13. The molecule has 0 amide bonds. The van der Waals surface area contributed by atoms with Gasteiger partial charge in [0.2, 0.25) is 0 Å². The van der Waals surface area contributed by atoms with Crippen molar-refractivity contribution in [3.05, 3.63) is 0 Å². The highest BCUT2D eigenvalue weighted by molar-refractivity contribution is 14.1. The van der Waals surface area contributed by atoms with Crippen LogP contribution in [-0.2, 0) is 9.59 Å². The van der Waals surface area contributed by atoms with Gasteiger partial charge in [0.1, 0.15) is 0 Å². The molecule has 1 unspecified atom stereocenters. The highest BCUT2D eigenvalue weighted by Gasteiger charge is 2.31. The molecule has 0 spiro atoms. The number of carbonyl (C=O) groups excluding carboxylic acids is 1. The van der Waals surface area contributed by atoms with Gasteiger partial charge in [0, 0.05) is 0 Å². The van der Waals surface area contributed by atoms with Gasteiger partial charge in [-0.25, -0.2) is 0 Å². The van der Waals surface area contributed by atoms with Crippen molar-refractivity contribution in [3.8, 4) is 0 Å². The van der Waals surface area contributed by atoms with Crippen LogP contribution in [0.15, 0.2) is 0 Å². The van der Waals surface area contributed by atoms with Crippen LogP contribution in [0.5, 0.6) is 0 Å². The molecule has 0 aliphatic heterocycles. The Labute approximate surface area is 103 Å². The minimum atomic E-state index is -0.720. The molecule has 4 nitrogen and oxygen atoms in total. The molecule has 0 aromatic rings. The van der Waals surface area contributed by atoms with Gasteiger partial charge < -0.3 is 10.8 Å². The molecule has 15 heavy (non-hydrogen) atoms. The second-order valence-corrected chi connectivity index (χ2v) is 4.84. The summed E-state index contributed by atoms with van der Waals surface area (Å²) in [4.78, 5) is 22.1. The molecule has 0 saturated heterocycles. The minimum Gasteiger partial charge on any atom is -0.481 e. The Morgan fingerprint density at radius 2 is 1.87 bits per heavy atom. The van der Waals surface area contributed by atoms with Crippen LogP contribution < -0.4 is 5.73 Å². The molecule has 86 valence electrons. The van der Waals surface area contributed by atoms with Crippen molar-refractivity contribution in [2.45, 2.75) is 31.7 Å².